The minimum Gasteiger partial charge on any atom is -0.485 e. The maximum Gasteiger partial charge on any atom is 0.351 e. The van der Waals surface area contributed by atoms with E-state index < -0.39 is 34.5 Å². The molecule has 1 saturated heterocycles. The Morgan fingerprint density at radius 1 is 0.968 bits per heavy atom. The van der Waals surface area contributed by atoms with Crippen molar-refractivity contribution in [2.24, 2.45) is 0 Å². The first-order valence-electron chi connectivity index (χ1n) is 10.1. The molecule has 0 amide bonds. The summed E-state index contributed by atoms with van der Waals surface area (Å²) in [5, 5.41) is 0. The quantitative estimate of drug-likeness (QED) is 0.497. The van der Waals surface area contributed by atoms with Crippen molar-refractivity contribution in [1.29, 1.82) is 0 Å². The molecule has 1 atom stereocenters. The molecule has 0 bridgehead atoms. The average molecular weight is 445 g/mol. The molecule has 2 aromatic rings. The number of benzene rings is 2. The molecule has 0 saturated carbocycles. The molecule has 0 aromatic heterocycles. The third kappa shape index (κ3) is 4.72. The van der Waals surface area contributed by atoms with Crippen molar-refractivity contribution >= 4 is 21.8 Å². The zero-order valence-corrected chi connectivity index (χ0v) is 17.7. The summed E-state index contributed by atoms with van der Waals surface area (Å²) in [5.41, 5.74) is 0.261. The highest BCUT2D eigenvalue weighted by Crippen LogP contribution is 2.31. The van der Waals surface area contributed by atoms with Crippen LogP contribution >= 0.6 is 0 Å². The van der Waals surface area contributed by atoms with Gasteiger partial charge in [0.05, 0.1) is 4.90 Å². The van der Waals surface area contributed by atoms with Crippen LogP contribution in [0.2, 0.25) is 0 Å². The Morgan fingerprint density at radius 2 is 1.65 bits per heavy atom. The van der Waals surface area contributed by atoms with Crippen molar-refractivity contribution in [2.75, 3.05) is 26.3 Å². The van der Waals surface area contributed by atoms with Gasteiger partial charge in [-0.1, -0.05) is 18.6 Å². The average Bonchev–Trinajstić information content (AvgIpc) is 2.82. The molecule has 2 aromatic carbocycles. The molecule has 4 rings (SSSR count). The standard InChI is InChI=1S/C22H23NO7S/c24-18(14-29-22(25)21-15-28-19-6-2-3-7-20(19)30-21)16-8-10-17(11-9-16)31(26,27)23-12-4-1-5-13-23/h2-3,6-11,21H,1,4-5,12-15H2/t21-/m1/s1. The van der Waals surface area contributed by atoms with E-state index in [-0.39, 0.29) is 17.1 Å². The molecule has 1 fully saturated rings. The fraction of sp³-hybridized carbons (Fsp3) is 0.364. The molecule has 0 radical (unpaired) electrons. The predicted octanol–water partition coefficient (Wildman–Crippen LogP) is 2.43. The van der Waals surface area contributed by atoms with Crippen LogP contribution in [0.25, 0.3) is 0 Å². The minimum atomic E-state index is -3.56. The lowest BCUT2D eigenvalue weighted by atomic mass is 10.1. The largest absolute Gasteiger partial charge is 0.485 e. The number of ether oxygens (including phenoxy) is 3. The molecule has 164 valence electrons. The van der Waals surface area contributed by atoms with Crippen molar-refractivity contribution in [3.05, 3.63) is 54.1 Å². The van der Waals surface area contributed by atoms with E-state index >= 15 is 0 Å². The van der Waals surface area contributed by atoms with Gasteiger partial charge < -0.3 is 14.2 Å². The molecule has 2 aliphatic rings. The zero-order chi connectivity index (χ0) is 21.8. The summed E-state index contributed by atoms with van der Waals surface area (Å²) in [7, 11) is -3.56. The number of rotatable bonds is 6. The smallest absolute Gasteiger partial charge is 0.351 e. The first-order valence-corrected chi connectivity index (χ1v) is 11.6. The van der Waals surface area contributed by atoms with Crippen LogP contribution in [-0.4, -0.2) is 56.9 Å². The van der Waals surface area contributed by atoms with Gasteiger partial charge in [-0.25, -0.2) is 13.2 Å². The number of ketones is 1. The van der Waals surface area contributed by atoms with E-state index in [0.29, 0.717) is 24.6 Å². The normalized spacial score (nSPS) is 18.9. The van der Waals surface area contributed by atoms with Crippen LogP contribution < -0.4 is 9.47 Å². The Morgan fingerprint density at radius 3 is 2.35 bits per heavy atom. The maximum atomic E-state index is 12.7. The van der Waals surface area contributed by atoms with E-state index in [2.05, 4.69) is 0 Å². The lowest BCUT2D eigenvalue weighted by molar-refractivity contribution is -0.153. The first kappa shape index (κ1) is 21.3. The van der Waals surface area contributed by atoms with E-state index in [4.69, 9.17) is 14.2 Å². The van der Waals surface area contributed by atoms with Crippen LogP contribution in [-0.2, 0) is 19.6 Å². The second-order valence-electron chi connectivity index (χ2n) is 7.38. The number of piperidine rings is 1. The number of carbonyl (C=O) groups is 2. The fourth-order valence-electron chi connectivity index (χ4n) is 3.52. The van der Waals surface area contributed by atoms with Gasteiger partial charge in [-0.05, 0) is 49.2 Å². The van der Waals surface area contributed by atoms with Crippen LogP contribution in [0, 0.1) is 0 Å². The van der Waals surface area contributed by atoms with E-state index in [0.717, 1.165) is 19.3 Å². The second kappa shape index (κ2) is 9.07. The third-order valence-corrected chi connectivity index (χ3v) is 7.16. The highest BCUT2D eigenvalue weighted by atomic mass is 32.2. The third-order valence-electron chi connectivity index (χ3n) is 5.25. The van der Waals surface area contributed by atoms with E-state index in [1.165, 1.54) is 28.6 Å². The summed E-state index contributed by atoms with van der Waals surface area (Å²) in [6, 6.07) is 12.7. The highest BCUT2D eigenvalue weighted by molar-refractivity contribution is 7.89. The number of hydrogen-bond acceptors (Lipinski definition) is 7. The van der Waals surface area contributed by atoms with Crippen LogP contribution in [0.3, 0.4) is 0 Å². The monoisotopic (exact) mass is 445 g/mol. The number of carbonyl (C=O) groups excluding carboxylic acids is 2. The van der Waals surface area contributed by atoms with Crippen molar-refractivity contribution in [3.63, 3.8) is 0 Å². The number of sulfonamides is 1. The first-order chi connectivity index (χ1) is 14.9. The van der Waals surface area contributed by atoms with Gasteiger partial charge in [-0.3, -0.25) is 4.79 Å². The lowest BCUT2D eigenvalue weighted by Gasteiger charge is -2.25. The molecule has 9 heteroatoms. The molecular weight excluding hydrogens is 422 g/mol. The molecule has 0 aliphatic carbocycles. The van der Waals surface area contributed by atoms with Crippen molar-refractivity contribution in [2.45, 2.75) is 30.3 Å². The molecule has 0 unspecified atom stereocenters. The Kier molecular flexibility index (Phi) is 6.24. The topological polar surface area (TPSA) is 99.2 Å². The van der Waals surface area contributed by atoms with E-state index in [1.54, 1.807) is 24.3 Å². The summed E-state index contributed by atoms with van der Waals surface area (Å²) in [4.78, 5) is 24.8. The predicted molar refractivity (Wildman–Crippen MR) is 111 cm³/mol. The SMILES string of the molecule is O=C(COC(=O)[C@H]1COc2ccccc2O1)c1ccc(S(=O)(=O)N2CCCCC2)cc1. The van der Waals surface area contributed by atoms with Crippen LogP contribution in [0.5, 0.6) is 11.5 Å². The molecule has 31 heavy (non-hydrogen) atoms. The molecule has 0 spiro atoms. The van der Waals surface area contributed by atoms with E-state index in [1.807, 2.05) is 0 Å². The van der Waals surface area contributed by atoms with Crippen molar-refractivity contribution < 1.29 is 32.2 Å². The number of esters is 1. The molecule has 8 nitrogen and oxygen atoms in total. The maximum absolute atomic E-state index is 12.7. The zero-order valence-electron chi connectivity index (χ0n) is 16.9. The molecule has 2 aliphatic heterocycles. The van der Waals surface area contributed by atoms with Crippen LogP contribution in [0.4, 0.5) is 0 Å². The number of fused-ring (bicyclic) bond motifs is 1. The Balaban J connectivity index is 1.33. The number of nitrogens with zero attached hydrogens (tertiary/aromatic N) is 1. The lowest BCUT2D eigenvalue weighted by Crippen LogP contribution is -2.38. The summed E-state index contributed by atoms with van der Waals surface area (Å²) < 4.78 is 43.0. The Hall–Kier alpha value is -2.91. The van der Waals surface area contributed by atoms with Crippen molar-refractivity contribution in [1.82, 2.24) is 4.31 Å². The van der Waals surface area contributed by atoms with Gasteiger partial charge in [0.1, 0.15) is 6.61 Å². The minimum absolute atomic E-state index is 0.00685. The second-order valence-corrected chi connectivity index (χ2v) is 9.32. The fourth-order valence-corrected chi connectivity index (χ4v) is 5.03. The van der Waals surface area contributed by atoms with Gasteiger partial charge >= 0.3 is 5.97 Å². The summed E-state index contributed by atoms with van der Waals surface area (Å²) in [6.45, 7) is 0.540. The summed E-state index contributed by atoms with van der Waals surface area (Å²) in [5.74, 6) is -0.158. The summed E-state index contributed by atoms with van der Waals surface area (Å²) in [6.07, 6.45) is 1.77. The number of hydrogen-bond donors (Lipinski definition) is 0. The molecule has 0 N–H and O–H groups in total. The molecule has 2 heterocycles. The van der Waals surface area contributed by atoms with Gasteiger partial charge in [0.2, 0.25) is 16.1 Å². The Bertz CT molecular complexity index is 1060. The van der Waals surface area contributed by atoms with Gasteiger partial charge in [0, 0.05) is 18.7 Å². The van der Waals surface area contributed by atoms with E-state index in [9.17, 15) is 18.0 Å². The summed E-state index contributed by atoms with van der Waals surface area (Å²) >= 11 is 0. The number of Topliss-reactive ketones (excluding diaryl/α,β-unsaturated/α-hetero) is 1. The Labute approximate surface area is 180 Å². The van der Waals surface area contributed by atoms with Crippen LogP contribution in [0.1, 0.15) is 29.6 Å². The van der Waals surface area contributed by atoms with Gasteiger partial charge in [0.25, 0.3) is 0 Å². The van der Waals surface area contributed by atoms with Crippen molar-refractivity contribution in [3.8, 4) is 11.5 Å². The van der Waals surface area contributed by atoms with Gasteiger partial charge in [-0.2, -0.15) is 4.31 Å². The van der Waals surface area contributed by atoms with Gasteiger partial charge in [-0.15, -0.1) is 0 Å². The highest BCUT2D eigenvalue weighted by Gasteiger charge is 2.29. The van der Waals surface area contributed by atoms with Crippen LogP contribution in [0.15, 0.2) is 53.4 Å². The number of para-hydroxylation sites is 2. The molecular formula is C22H23NO7S. The van der Waals surface area contributed by atoms with Gasteiger partial charge in [0.15, 0.2) is 23.9 Å².